The molecule has 0 unspecified atom stereocenters. The number of aliphatic hydroxyl groups is 2. The Kier molecular flexibility index (Phi) is 6.86. The lowest BCUT2D eigenvalue weighted by Crippen LogP contribution is -2.29. The summed E-state index contributed by atoms with van der Waals surface area (Å²) >= 11 is 0. The van der Waals surface area contributed by atoms with Crippen LogP contribution >= 0.6 is 0 Å². The lowest BCUT2D eigenvalue weighted by Gasteiger charge is -2.21. The van der Waals surface area contributed by atoms with Crippen molar-refractivity contribution in [1.29, 1.82) is 0 Å². The molecule has 0 saturated carbocycles. The van der Waals surface area contributed by atoms with Crippen LogP contribution in [-0.2, 0) is 19.1 Å². The lowest BCUT2D eigenvalue weighted by atomic mass is 10.1. The van der Waals surface area contributed by atoms with Crippen molar-refractivity contribution in [2.75, 3.05) is 6.61 Å². The van der Waals surface area contributed by atoms with Crippen molar-refractivity contribution >= 4 is 11.9 Å². The van der Waals surface area contributed by atoms with Crippen LogP contribution in [0.3, 0.4) is 0 Å². The number of hydrogen-bond acceptors (Lipinski definition) is 6. The molecule has 0 aromatic carbocycles. The number of ether oxygens (including phenoxy) is 2. The van der Waals surface area contributed by atoms with Gasteiger partial charge in [-0.25, -0.2) is 0 Å². The highest BCUT2D eigenvalue weighted by Crippen LogP contribution is 2.11. The van der Waals surface area contributed by atoms with E-state index in [1.807, 2.05) is 0 Å². The third kappa shape index (κ3) is 10.0. The summed E-state index contributed by atoms with van der Waals surface area (Å²) in [6.45, 7) is 6.22. The number of carbonyl (C=O) groups excluding carboxylic acids is 2. The zero-order valence-electron chi connectivity index (χ0n) is 11.3. The Morgan fingerprint density at radius 3 is 2.17 bits per heavy atom. The molecule has 0 spiro atoms. The van der Waals surface area contributed by atoms with Crippen LogP contribution < -0.4 is 0 Å². The molecule has 18 heavy (non-hydrogen) atoms. The van der Waals surface area contributed by atoms with Crippen molar-refractivity contribution in [2.45, 2.75) is 58.3 Å². The minimum Gasteiger partial charge on any atom is -0.463 e. The van der Waals surface area contributed by atoms with Crippen LogP contribution in [0.5, 0.6) is 0 Å². The summed E-state index contributed by atoms with van der Waals surface area (Å²) in [6.07, 6.45) is -2.27. The molecule has 0 fully saturated rings. The molecule has 0 amide bonds. The van der Waals surface area contributed by atoms with Crippen molar-refractivity contribution < 1.29 is 29.3 Å². The quantitative estimate of drug-likeness (QED) is 0.673. The fourth-order valence-corrected chi connectivity index (χ4v) is 1.25. The van der Waals surface area contributed by atoms with Crippen molar-refractivity contribution in [3.63, 3.8) is 0 Å². The Balaban J connectivity index is 3.92. The molecule has 2 atom stereocenters. The molecule has 0 aliphatic rings. The average Bonchev–Trinajstić information content (AvgIpc) is 2.10. The first kappa shape index (κ1) is 16.9. The molecule has 0 aliphatic heterocycles. The summed E-state index contributed by atoms with van der Waals surface area (Å²) in [4.78, 5) is 21.9. The van der Waals surface area contributed by atoms with Gasteiger partial charge in [-0.15, -0.1) is 0 Å². The van der Waals surface area contributed by atoms with Crippen LogP contribution in [0.1, 0.15) is 40.5 Å². The van der Waals surface area contributed by atoms with Gasteiger partial charge < -0.3 is 19.7 Å². The van der Waals surface area contributed by atoms with Crippen LogP contribution in [0.15, 0.2) is 0 Å². The van der Waals surface area contributed by atoms with Crippen LogP contribution in [0.25, 0.3) is 0 Å². The SMILES string of the molecule is CC(=O)OC[C@@H](O)C[C@@H](O)CC(=O)OC(C)(C)C. The molecule has 0 aromatic rings. The highest BCUT2D eigenvalue weighted by atomic mass is 16.6. The molecule has 0 rings (SSSR count). The van der Waals surface area contributed by atoms with E-state index in [-0.39, 0.29) is 19.4 Å². The second-order valence-corrected chi connectivity index (χ2v) is 5.14. The zero-order chi connectivity index (χ0) is 14.3. The van der Waals surface area contributed by atoms with Gasteiger partial charge in [0.1, 0.15) is 12.2 Å². The smallest absolute Gasteiger partial charge is 0.308 e. The van der Waals surface area contributed by atoms with E-state index in [0.29, 0.717) is 0 Å². The molecular weight excluding hydrogens is 240 g/mol. The van der Waals surface area contributed by atoms with Gasteiger partial charge >= 0.3 is 11.9 Å². The van der Waals surface area contributed by atoms with Gasteiger partial charge in [-0.2, -0.15) is 0 Å². The molecule has 106 valence electrons. The lowest BCUT2D eigenvalue weighted by molar-refractivity contribution is -0.158. The Bertz CT molecular complexity index is 281. The highest BCUT2D eigenvalue weighted by Gasteiger charge is 2.21. The van der Waals surface area contributed by atoms with E-state index in [2.05, 4.69) is 4.74 Å². The van der Waals surface area contributed by atoms with E-state index in [0.717, 1.165) is 0 Å². The second-order valence-electron chi connectivity index (χ2n) is 5.14. The van der Waals surface area contributed by atoms with Gasteiger partial charge in [-0.05, 0) is 20.8 Å². The third-order valence-electron chi connectivity index (χ3n) is 1.85. The summed E-state index contributed by atoms with van der Waals surface area (Å²) in [7, 11) is 0. The van der Waals surface area contributed by atoms with E-state index in [1.54, 1.807) is 20.8 Å². The topological polar surface area (TPSA) is 93.1 Å². The standard InChI is InChI=1S/C12H22O6/c1-8(13)17-7-10(15)5-9(14)6-11(16)18-12(2,3)4/h9-10,14-15H,5-7H2,1-4H3/t9-,10+/m1/s1. The number of aliphatic hydroxyl groups excluding tert-OH is 2. The maximum Gasteiger partial charge on any atom is 0.308 e. The van der Waals surface area contributed by atoms with Gasteiger partial charge in [0, 0.05) is 13.3 Å². The van der Waals surface area contributed by atoms with Crippen molar-refractivity contribution in [3.05, 3.63) is 0 Å². The number of rotatable bonds is 6. The Hall–Kier alpha value is -1.14. The molecule has 6 heteroatoms. The summed E-state index contributed by atoms with van der Waals surface area (Å²) < 4.78 is 9.60. The molecule has 0 bridgehead atoms. The third-order valence-corrected chi connectivity index (χ3v) is 1.85. The van der Waals surface area contributed by atoms with Gasteiger partial charge in [0.25, 0.3) is 0 Å². The van der Waals surface area contributed by atoms with E-state index in [4.69, 9.17) is 4.74 Å². The summed E-state index contributed by atoms with van der Waals surface area (Å²) in [5.74, 6) is -1.04. The summed E-state index contributed by atoms with van der Waals surface area (Å²) in [5, 5.41) is 19.0. The Labute approximate surface area is 107 Å². The molecule has 0 aromatic heterocycles. The first-order valence-corrected chi connectivity index (χ1v) is 5.81. The summed E-state index contributed by atoms with van der Waals surface area (Å²) in [6, 6.07) is 0. The monoisotopic (exact) mass is 262 g/mol. The fraction of sp³-hybridized carbons (Fsp3) is 0.833. The maximum absolute atomic E-state index is 11.4. The van der Waals surface area contributed by atoms with E-state index >= 15 is 0 Å². The van der Waals surface area contributed by atoms with Crippen LogP contribution in [-0.4, -0.2) is 46.6 Å². The molecule has 6 nitrogen and oxygen atoms in total. The van der Waals surface area contributed by atoms with Crippen LogP contribution in [0, 0.1) is 0 Å². The summed E-state index contributed by atoms with van der Waals surface area (Å²) in [5.41, 5.74) is -0.604. The first-order chi connectivity index (χ1) is 8.10. The fourth-order valence-electron chi connectivity index (χ4n) is 1.25. The minimum atomic E-state index is -1.02. The molecule has 0 aliphatic carbocycles. The Morgan fingerprint density at radius 2 is 1.72 bits per heavy atom. The zero-order valence-corrected chi connectivity index (χ0v) is 11.3. The number of esters is 2. The van der Waals surface area contributed by atoms with Crippen molar-refractivity contribution in [1.82, 2.24) is 0 Å². The predicted octanol–water partition coefficient (Wildman–Crippen LogP) is 0.393. The van der Waals surface area contributed by atoms with Gasteiger partial charge in [-0.1, -0.05) is 0 Å². The van der Waals surface area contributed by atoms with Gasteiger partial charge in [0.15, 0.2) is 0 Å². The van der Waals surface area contributed by atoms with E-state index in [1.165, 1.54) is 6.92 Å². The molecule has 0 heterocycles. The van der Waals surface area contributed by atoms with Crippen LogP contribution in [0.4, 0.5) is 0 Å². The molecule has 0 saturated heterocycles. The molecular formula is C12H22O6. The average molecular weight is 262 g/mol. The van der Waals surface area contributed by atoms with Gasteiger partial charge in [0.2, 0.25) is 0 Å². The first-order valence-electron chi connectivity index (χ1n) is 5.81. The van der Waals surface area contributed by atoms with Gasteiger partial charge in [0.05, 0.1) is 18.6 Å². The Morgan fingerprint density at radius 1 is 1.17 bits per heavy atom. The minimum absolute atomic E-state index is 0.0491. The predicted molar refractivity (Wildman–Crippen MR) is 63.7 cm³/mol. The molecule has 2 N–H and O–H groups in total. The van der Waals surface area contributed by atoms with Crippen molar-refractivity contribution in [3.8, 4) is 0 Å². The molecule has 0 radical (unpaired) electrons. The van der Waals surface area contributed by atoms with Gasteiger partial charge in [-0.3, -0.25) is 9.59 Å². The number of carbonyl (C=O) groups is 2. The highest BCUT2D eigenvalue weighted by molar-refractivity contribution is 5.70. The normalized spacial score (nSPS) is 14.8. The van der Waals surface area contributed by atoms with Crippen molar-refractivity contribution in [2.24, 2.45) is 0 Å². The largest absolute Gasteiger partial charge is 0.463 e. The van der Waals surface area contributed by atoms with E-state index < -0.39 is 29.7 Å². The van der Waals surface area contributed by atoms with Crippen LogP contribution in [0.2, 0.25) is 0 Å². The second kappa shape index (κ2) is 7.33. The number of hydrogen-bond donors (Lipinski definition) is 2. The maximum atomic E-state index is 11.4. The van der Waals surface area contributed by atoms with E-state index in [9.17, 15) is 19.8 Å².